The van der Waals surface area contributed by atoms with Crippen molar-refractivity contribution in [2.24, 2.45) is 5.92 Å². The van der Waals surface area contributed by atoms with E-state index in [2.05, 4.69) is 0 Å². The fraction of sp³-hybridized carbons (Fsp3) is 0.333. The number of carboxylic acid groups (broad SMARTS) is 1. The van der Waals surface area contributed by atoms with Crippen LogP contribution >= 0.6 is 0 Å². The van der Waals surface area contributed by atoms with Crippen LogP contribution in [0.3, 0.4) is 0 Å². The molecule has 2 atom stereocenters. The molecule has 0 amide bonds. The van der Waals surface area contributed by atoms with Crippen LogP contribution in [0.1, 0.15) is 48.8 Å². The summed E-state index contributed by atoms with van der Waals surface area (Å²) in [7, 11) is 0. The first-order valence-corrected chi connectivity index (χ1v) is 11.2. The van der Waals surface area contributed by atoms with Crippen molar-refractivity contribution in [1.29, 1.82) is 0 Å². The van der Waals surface area contributed by atoms with E-state index in [0.717, 1.165) is 22.2 Å². The molecule has 1 heterocycles. The number of aliphatic carboxylic acids is 1. The first-order chi connectivity index (χ1) is 14.2. The van der Waals surface area contributed by atoms with Crippen LogP contribution in [-0.4, -0.2) is 30.8 Å². The van der Waals surface area contributed by atoms with Crippen molar-refractivity contribution in [2.45, 2.75) is 49.7 Å². The molecule has 1 aromatic heterocycles. The highest BCUT2D eigenvalue weighted by Crippen LogP contribution is 2.35. The Bertz CT molecular complexity index is 1140. The zero-order valence-electron chi connectivity index (χ0n) is 17.3. The summed E-state index contributed by atoms with van der Waals surface area (Å²) in [5, 5.41) is 10.4. The highest BCUT2D eigenvalue weighted by atomic mass is 32.2. The first-order valence-electron chi connectivity index (χ1n) is 10.1. The number of carbonyl (C=O) groups is 2. The van der Waals surface area contributed by atoms with Crippen molar-refractivity contribution in [2.75, 3.05) is 0 Å². The maximum atomic E-state index is 13.6. The van der Waals surface area contributed by atoms with Gasteiger partial charge < -0.3 is 9.66 Å². The van der Waals surface area contributed by atoms with Gasteiger partial charge in [0.25, 0.3) is 5.91 Å². The third-order valence-electron chi connectivity index (χ3n) is 5.67. The fourth-order valence-electron chi connectivity index (χ4n) is 4.18. The Morgan fingerprint density at radius 1 is 1.13 bits per heavy atom. The monoisotopic (exact) mass is 423 g/mol. The lowest BCUT2D eigenvalue weighted by molar-refractivity contribution is -0.142. The smallest absolute Gasteiger partial charge is 0.306 e. The summed E-state index contributed by atoms with van der Waals surface area (Å²) in [5.41, 5.74) is 3.11. The predicted octanol–water partition coefficient (Wildman–Crippen LogP) is 4.43. The molecule has 5 nitrogen and oxygen atoms in total. The van der Waals surface area contributed by atoms with Gasteiger partial charge in [0.1, 0.15) is 4.75 Å². The molecule has 6 heteroatoms. The molecule has 0 radical (unpaired) electrons. The van der Waals surface area contributed by atoms with Crippen LogP contribution in [0.2, 0.25) is 0 Å². The van der Waals surface area contributed by atoms with Gasteiger partial charge in [0.2, 0.25) is 0 Å². The van der Waals surface area contributed by atoms with Gasteiger partial charge in [0.15, 0.2) is 4.90 Å². The minimum absolute atomic E-state index is 0.172. The van der Waals surface area contributed by atoms with Gasteiger partial charge in [-0.25, -0.2) is 0 Å². The van der Waals surface area contributed by atoms with Crippen LogP contribution < -0.4 is 0 Å². The van der Waals surface area contributed by atoms with E-state index < -0.39 is 27.8 Å². The minimum atomic E-state index is -1.24. The summed E-state index contributed by atoms with van der Waals surface area (Å²) in [6, 6.07) is 14.7. The van der Waals surface area contributed by atoms with Gasteiger partial charge in [-0.3, -0.25) is 14.2 Å². The van der Waals surface area contributed by atoms with E-state index in [4.69, 9.17) is 0 Å². The van der Waals surface area contributed by atoms with E-state index in [9.17, 15) is 19.2 Å². The van der Waals surface area contributed by atoms with Crippen LogP contribution in [0.5, 0.6) is 0 Å². The largest absolute Gasteiger partial charge is 0.611 e. The number of carboxylic acids is 1. The molecular formula is C24H25NO4S. The summed E-state index contributed by atoms with van der Waals surface area (Å²) in [5.74, 6) is -1.39. The normalized spacial score (nSPS) is 17.5. The van der Waals surface area contributed by atoms with Crippen molar-refractivity contribution in [3.8, 4) is 0 Å². The Labute approximate surface area is 178 Å². The van der Waals surface area contributed by atoms with Crippen LogP contribution in [0.15, 0.2) is 53.4 Å². The molecule has 0 fully saturated rings. The molecule has 4 rings (SSSR count). The van der Waals surface area contributed by atoms with Gasteiger partial charge in [-0.2, -0.15) is 0 Å². The lowest BCUT2D eigenvalue weighted by atomic mass is 9.86. The number of rotatable bonds is 3. The molecule has 0 aliphatic heterocycles. The lowest BCUT2D eigenvalue weighted by Crippen LogP contribution is -2.28. The first kappa shape index (κ1) is 20.7. The zero-order valence-corrected chi connectivity index (χ0v) is 18.2. The highest BCUT2D eigenvalue weighted by molar-refractivity contribution is 7.92. The van der Waals surface area contributed by atoms with Gasteiger partial charge in [0.05, 0.1) is 11.4 Å². The SMILES string of the molecule is CC(C)(C)[S+]([O-])c1cccc(C(=O)n2c3c(c4ccccc42)CC(C(=O)O)CC3)c1. The van der Waals surface area contributed by atoms with Crippen LogP contribution in [0.25, 0.3) is 10.9 Å². The third-order valence-corrected chi connectivity index (χ3v) is 7.47. The predicted molar refractivity (Wildman–Crippen MR) is 117 cm³/mol. The molecule has 0 saturated heterocycles. The van der Waals surface area contributed by atoms with Gasteiger partial charge in [-0.05, 0) is 75.0 Å². The summed E-state index contributed by atoms with van der Waals surface area (Å²) < 4.78 is 14.1. The number of fused-ring (bicyclic) bond motifs is 3. The van der Waals surface area contributed by atoms with E-state index >= 15 is 0 Å². The second-order valence-electron chi connectivity index (χ2n) is 8.77. The van der Waals surface area contributed by atoms with Crippen molar-refractivity contribution < 1.29 is 19.2 Å². The maximum Gasteiger partial charge on any atom is 0.306 e. The Morgan fingerprint density at radius 3 is 2.57 bits per heavy atom. The number of benzene rings is 2. The molecule has 0 bridgehead atoms. The van der Waals surface area contributed by atoms with Crippen LogP contribution in [0, 0.1) is 5.92 Å². The van der Waals surface area contributed by atoms with Gasteiger partial charge in [0, 0.05) is 22.7 Å². The van der Waals surface area contributed by atoms with Crippen molar-refractivity contribution >= 4 is 34.0 Å². The molecule has 1 aliphatic rings. The van der Waals surface area contributed by atoms with E-state index in [1.54, 1.807) is 28.8 Å². The topological polar surface area (TPSA) is 82.4 Å². The number of para-hydroxylation sites is 1. The second-order valence-corrected chi connectivity index (χ2v) is 11.0. The summed E-state index contributed by atoms with van der Waals surface area (Å²) in [4.78, 5) is 25.8. The highest BCUT2D eigenvalue weighted by Gasteiger charge is 2.32. The lowest BCUT2D eigenvalue weighted by Gasteiger charge is -2.24. The van der Waals surface area contributed by atoms with E-state index in [1.807, 2.05) is 45.0 Å². The van der Waals surface area contributed by atoms with Gasteiger partial charge >= 0.3 is 5.97 Å². The molecule has 1 N–H and O–H groups in total. The van der Waals surface area contributed by atoms with Gasteiger partial charge in [-0.15, -0.1) is 0 Å². The summed E-state index contributed by atoms with van der Waals surface area (Å²) in [6.45, 7) is 5.73. The Balaban J connectivity index is 1.82. The van der Waals surface area contributed by atoms with E-state index in [1.165, 1.54) is 0 Å². The zero-order chi connectivity index (χ0) is 21.6. The van der Waals surface area contributed by atoms with Crippen LogP contribution in [-0.2, 0) is 28.8 Å². The standard InChI is InChI=1S/C24H25NO4S/c1-24(2,3)30(29)17-8-6-7-15(13-17)22(26)25-20-10-5-4-9-18(20)19-14-16(23(27)28)11-12-21(19)25/h4-10,13,16H,11-12,14H2,1-3H3,(H,27,28). The molecular weight excluding hydrogens is 398 g/mol. The number of hydrogen-bond acceptors (Lipinski definition) is 3. The third kappa shape index (κ3) is 3.55. The maximum absolute atomic E-state index is 13.6. The molecule has 2 unspecified atom stereocenters. The minimum Gasteiger partial charge on any atom is -0.611 e. The number of aromatic nitrogens is 1. The molecule has 2 aromatic carbocycles. The Hall–Kier alpha value is -2.57. The number of nitrogens with zero attached hydrogens (tertiary/aromatic N) is 1. The van der Waals surface area contributed by atoms with E-state index in [-0.39, 0.29) is 5.91 Å². The van der Waals surface area contributed by atoms with Crippen molar-refractivity contribution in [1.82, 2.24) is 4.57 Å². The molecule has 0 saturated carbocycles. The van der Waals surface area contributed by atoms with Gasteiger partial charge in [-0.1, -0.05) is 24.3 Å². The summed E-state index contributed by atoms with van der Waals surface area (Å²) >= 11 is -1.24. The molecule has 30 heavy (non-hydrogen) atoms. The second kappa shape index (κ2) is 7.60. The molecule has 156 valence electrons. The number of carbonyl (C=O) groups excluding carboxylic acids is 1. The summed E-state index contributed by atoms with van der Waals surface area (Å²) in [6.07, 6.45) is 1.49. The average Bonchev–Trinajstić information content (AvgIpc) is 3.05. The molecule has 1 aliphatic carbocycles. The van der Waals surface area contributed by atoms with Crippen LogP contribution in [0.4, 0.5) is 0 Å². The quantitative estimate of drug-likeness (QED) is 0.632. The average molecular weight is 424 g/mol. The Morgan fingerprint density at radius 2 is 1.87 bits per heavy atom. The fourth-order valence-corrected chi connectivity index (χ4v) is 5.32. The van der Waals surface area contributed by atoms with E-state index in [0.29, 0.717) is 29.7 Å². The molecule has 0 spiro atoms. The number of hydrogen-bond donors (Lipinski definition) is 1. The van der Waals surface area contributed by atoms with Crippen molar-refractivity contribution in [3.63, 3.8) is 0 Å². The Kier molecular flexibility index (Phi) is 5.24. The van der Waals surface area contributed by atoms with Crippen molar-refractivity contribution in [3.05, 3.63) is 65.4 Å². The molecule has 3 aromatic rings.